The van der Waals surface area contributed by atoms with E-state index in [2.05, 4.69) is 6.92 Å². The van der Waals surface area contributed by atoms with E-state index >= 15 is 0 Å². The molecule has 0 nitrogen and oxygen atoms in total. The van der Waals surface area contributed by atoms with Crippen LogP contribution in [0, 0.1) is 5.92 Å². The van der Waals surface area contributed by atoms with Crippen LogP contribution < -0.4 is 0 Å². The SMILES string of the molecule is CCC[C@H]1C[C@@H]1Cl. The summed E-state index contributed by atoms with van der Waals surface area (Å²) in [7, 11) is 0. The van der Waals surface area contributed by atoms with Crippen molar-refractivity contribution in [3.63, 3.8) is 0 Å². The summed E-state index contributed by atoms with van der Waals surface area (Å²) in [6, 6.07) is 0. The molecule has 0 amide bonds. The van der Waals surface area contributed by atoms with E-state index in [1.165, 1.54) is 19.3 Å². The van der Waals surface area contributed by atoms with Gasteiger partial charge in [-0.3, -0.25) is 0 Å². The molecule has 0 aliphatic heterocycles. The van der Waals surface area contributed by atoms with Crippen LogP contribution in [-0.2, 0) is 0 Å². The van der Waals surface area contributed by atoms with Crippen molar-refractivity contribution in [2.24, 2.45) is 5.92 Å². The Morgan fingerprint density at radius 1 is 1.71 bits per heavy atom. The van der Waals surface area contributed by atoms with E-state index in [0.717, 1.165) is 5.92 Å². The van der Waals surface area contributed by atoms with Crippen molar-refractivity contribution in [3.05, 3.63) is 0 Å². The molecule has 0 radical (unpaired) electrons. The van der Waals surface area contributed by atoms with E-state index in [9.17, 15) is 0 Å². The number of rotatable bonds is 2. The maximum atomic E-state index is 5.73. The first-order valence-corrected chi connectivity index (χ1v) is 3.42. The second kappa shape index (κ2) is 2.04. The minimum absolute atomic E-state index is 0.542. The molecule has 1 heteroatoms. The molecular formula is C6H11Cl. The van der Waals surface area contributed by atoms with E-state index in [-0.39, 0.29) is 0 Å². The molecule has 0 saturated heterocycles. The lowest BCUT2D eigenvalue weighted by molar-refractivity contribution is 0.709. The first-order valence-electron chi connectivity index (χ1n) is 2.98. The molecule has 0 aromatic rings. The third-order valence-electron chi connectivity index (χ3n) is 1.50. The second-order valence-corrected chi connectivity index (χ2v) is 2.86. The van der Waals surface area contributed by atoms with Crippen LogP contribution in [0.25, 0.3) is 0 Å². The molecule has 1 aliphatic carbocycles. The predicted octanol–water partition coefficient (Wildman–Crippen LogP) is 2.41. The third-order valence-corrected chi connectivity index (χ3v) is 2.03. The maximum absolute atomic E-state index is 5.73. The van der Waals surface area contributed by atoms with Crippen molar-refractivity contribution in [1.82, 2.24) is 0 Å². The number of hydrogen-bond acceptors (Lipinski definition) is 0. The van der Waals surface area contributed by atoms with Crippen LogP contribution in [0.5, 0.6) is 0 Å². The highest BCUT2D eigenvalue weighted by Gasteiger charge is 2.33. The Morgan fingerprint density at radius 2 is 2.29 bits per heavy atom. The molecule has 0 aromatic carbocycles. The van der Waals surface area contributed by atoms with E-state index in [0.29, 0.717) is 5.38 Å². The fourth-order valence-corrected chi connectivity index (χ4v) is 1.23. The predicted molar refractivity (Wildman–Crippen MR) is 32.7 cm³/mol. The summed E-state index contributed by atoms with van der Waals surface area (Å²) < 4.78 is 0. The smallest absolute Gasteiger partial charge is 0.0367 e. The van der Waals surface area contributed by atoms with Gasteiger partial charge < -0.3 is 0 Å². The van der Waals surface area contributed by atoms with Gasteiger partial charge in [-0.15, -0.1) is 11.6 Å². The van der Waals surface area contributed by atoms with Crippen LogP contribution in [0.4, 0.5) is 0 Å². The van der Waals surface area contributed by atoms with Gasteiger partial charge in [0.25, 0.3) is 0 Å². The summed E-state index contributed by atoms with van der Waals surface area (Å²) >= 11 is 5.73. The number of hydrogen-bond donors (Lipinski definition) is 0. The topological polar surface area (TPSA) is 0 Å². The molecular weight excluding hydrogens is 108 g/mol. The van der Waals surface area contributed by atoms with Gasteiger partial charge in [-0.1, -0.05) is 13.3 Å². The zero-order chi connectivity index (χ0) is 5.28. The maximum Gasteiger partial charge on any atom is 0.0367 e. The largest absolute Gasteiger partial charge is 0.123 e. The molecule has 0 unspecified atom stereocenters. The van der Waals surface area contributed by atoms with Gasteiger partial charge >= 0.3 is 0 Å². The zero-order valence-electron chi connectivity index (χ0n) is 4.65. The lowest BCUT2D eigenvalue weighted by Crippen LogP contribution is -1.75. The van der Waals surface area contributed by atoms with E-state index in [4.69, 9.17) is 11.6 Å². The quantitative estimate of drug-likeness (QED) is 0.489. The summed E-state index contributed by atoms with van der Waals surface area (Å²) in [4.78, 5) is 0. The van der Waals surface area contributed by atoms with Gasteiger partial charge in [0.05, 0.1) is 0 Å². The molecule has 0 heterocycles. The van der Waals surface area contributed by atoms with Crippen LogP contribution in [0.15, 0.2) is 0 Å². The molecule has 42 valence electrons. The van der Waals surface area contributed by atoms with Crippen LogP contribution >= 0.6 is 11.6 Å². The number of alkyl halides is 1. The molecule has 0 aromatic heterocycles. The van der Waals surface area contributed by atoms with Crippen molar-refractivity contribution >= 4 is 11.6 Å². The van der Waals surface area contributed by atoms with E-state index in [1.54, 1.807) is 0 Å². The zero-order valence-corrected chi connectivity index (χ0v) is 5.41. The minimum atomic E-state index is 0.542. The van der Waals surface area contributed by atoms with Crippen molar-refractivity contribution in [3.8, 4) is 0 Å². The van der Waals surface area contributed by atoms with Gasteiger partial charge in [0.2, 0.25) is 0 Å². The van der Waals surface area contributed by atoms with Crippen LogP contribution in [-0.4, -0.2) is 5.38 Å². The molecule has 1 fully saturated rings. The Labute approximate surface area is 49.9 Å². The Morgan fingerprint density at radius 3 is 2.43 bits per heavy atom. The van der Waals surface area contributed by atoms with Gasteiger partial charge in [0, 0.05) is 5.38 Å². The minimum Gasteiger partial charge on any atom is -0.123 e. The van der Waals surface area contributed by atoms with Crippen molar-refractivity contribution in [1.29, 1.82) is 0 Å². The summed E-state index contributed by atoms with van der Waals surface area (Å²) in [6.07, 6.45) is 3.91. The first kappa shape index (κ1) is 5.43. The highest BCUT2D eigenvalue weighted by atomic mass is 35.5. The average molecular weight is 119 g/mol. The Hall–Kier alpha value is 0.290. The first-order chi connectivity index (χ1) is 3.34. The Bertz CT molecular complexity index is 61.2. The van der Waals surface area contributed by atoms with Crippen molar-refractivity contribution in [2.45, 2.75) is 31.6 Å². The van der Waals surface area contributed by atoms with Gasteiger partial charge in [-0.25, -0.2) is 0 Å². The van der Waals surface area contributed by atoms with Crippen molar-refractivity contribution in [2.75, 3.05) is 0 Å². The van der Waals surface area contributed by atoms with E-state index < -0.39 is 0 Å². The van der Waals surface area contributed by atoms with Crippen LogP contribution in [0.3, 0.4) is 0 Å². The van der Waals surface area contributed by atoms with Crippen LogP contribution in [0.1, 0.15) is 26.2 Å². The summed E-state index contributed by atoms with van der Waals surface area (Å²) in [6.45, 7) is 2.21. The Kier molecular flexibility index (Phi) is 1.58. The molecule has 0 spiro atoms. The number of halogens is 1. The normalized spacial score (nSPS) is 38.6. The highest BCUT2D eigenvalue weighted by Crippen LogP contribution is 2.39. The monoisotopic (exact) mass is 118 g/mol. The fraction of sp³-hybridized carbons (Fsp3) is 1.00. The molecule has 7 heavy (non-hydrogen) atoms. The highest BCUT2D eigenvalue weighted by molar-refractivity contribution is 6.22. The summed E-state index contributed by atoms with van der Waals surface area (Å²) in [5.74, 6) is 0.881. The lowest BCUT2D eigenvalue weighted by atomic mass is 10.2. The lowest BCUT2D eigenvalue weighted by Gasteiger charge is -1.85. The fourth-order valence-electron chi connectivity index (χ4n) is 0.880. The van der Waals surface area contributed by atoms with Crippen LogP contribution in [0.2, 0.25) is 0 Å². The molecule has 1 aliphatic rings. The second-order valence-electron chi connectivity index (χ2n) is 2.30. The molecule has 2 atom stereocenters. The standard InChI is InChI=1S/C6H11Cl/c1-2-3-5-4-6(5)7/h5-6H,2-4H2,1H3/t5-,6-/m0/s1. The molecule has 0 bridgehead atoms. The van der Waals surface area contributed by atoms with Gasteiger partial charge in [-0.2, -0.15) is 0 Å². The van der Waals surface area contributed by atoms with Crippen molar-refractivity contribution < 1.29 is 0 Å². The summed E-state index contributed by atoms with van der Waals surface area (Å²) in [5, 5.41) is 0.542. The third kappa shape index (κ3) is 1.34. The van der Waals surface area contributed by atoms with Gasteiger partial charge in [0.15, 0.2) is 0 Å². The van der Waals surface area contributed by atoms with Gasteiger partial charge in [0.1, 0.15) is 0 Å². The van der Waals surface area contributed by atoms with E-state index in [1.807, 2.05) is 0 Å². The Balaban J connectivity index is 1.98. The average Bonchev–Trinajstić information content (AvgIpc) is 2.22. The molecule has 1 saturated carbocycles. The molecule has 1 rings (SSSR count). The molecule has 0 N–H and O–H groups in total. The summed E-state index contributed by atoms with van der Waals surface area (Å²) in [5.41, 5.74) is 0. The van der Waals surface area contributed by atoms with Gasteiger partial charge in [-0.05, 0) is 18.8 Å².